The molecule has 0 aromatic rings. The first kappa shape index (κ1) is 11.8. The number of rotatable bonds is 0. The lowest BCUT2D eigenvalue weighted by Crippen LogP contribution is -2.45. The molecule has 1 radical (unpaired) electrons. The summed E-state index contributed by atoms with van der Waals surface area (Å²) < 4.78 is 0. The molecule has 0 saturated heterocycles. The van der Waals surface area contributed by atoms with Crippen molar-refractivity contribution in [2.45, 2.75) is 70.6 Å². The molecule has 0 nitrogen and oxygen atoms in total. The molecule has 0 aromatic heterocycles. The quantitative estimate of drug-likeness (QED) is 0.548. The van der Waals surface area contributed by atoms with Crippen LogP contribution in [0.1, 0.15) is 70.6 Å². The Bertz CT molecular complexity index is 264. The lowest BCUT2D eigenvalue weighted by molar-refractivity contribution is -0.0357. The fraction of sp³-hybridized carbons (Fsp3) is 0.944. The third-order valence-corrected chi connectivity index (χ3v) is 7.14. The maximum atomic E-state index is 2.59. The molecule has 18 heavy (non-hydrogen) atoms. The van der Waals surface area contributed by atoms with Crippen molar-refractivity contribution in [3.8, 4) is 0 Å². The zero-order chi connectivity index (χ0) is 11.9. The molecule has 4 rings (SSSR count). The molecule has 4 fully saturated rings. The summed E-state index contributed by atoms with van der Waals surface area (Å²) in [7, 11) is 0. The lowest BCUT2D eigenvalue weighted by Gasteiger charge is -2.54. The van der Waals surface area contributed by atoms with Crippen LogP contribution in [-0.2, 0) is 0 Å². The Labute approximate surface area is 113 Å². The number of fused-ring (bicyclic) bond motifs is 5. The van der Waals surface area contributed by atoms with Crippen LogP contribution in [0.3, 0.4) is 0 Å². The largest absolute Gasteiger partial charge is 0.0530 e. The number of hydrogen-bond donors (Lipinski definition) is 0. The topological polar surface area (TPSA) is 0 Å². The summed E-state index contributed by atoms with van der Waals surface area (Å²) in [6.07, 6.45) is 19.7. The molecule has 6 atom stereocenters. The molecular weight excluding hydrogens is 216 g/mol. The van der Waals surface area contributed by atoms with Gasteiger partial charge in [-0.3, -0.25) is 0 Å². The van der Waals surface area contributed by atoms with E-state index in [-0.39, 0.29) is 0 Å². The molecule has 0 N–H and O–H groups in total. The van der Waals surface area contributed by atoms with Gasteiger partial charge in [0, 0.05) is 0 Å². The fourth-order valence-corrected chi connectivity index (χ4v) is 6.41. The van der Waals surface area contributed by atoms with Crippen LogP contribution >= 0.6 is 0 Å². The van der Waals surface area contributed by atoms with Crippen molar-refractivity contribution in [3.63, 3.8) is 0 Å². The van der Waals surface area contributed by atoms with Gasteiger partial charge in [0.25, 0.3) is 0 Å². The van der Waals surface area contributed by atoms with Crippen LogP contribution in [0.5, 0.6) is 0 Å². The van der Waals surface area contributed by atoms with Crippen molar-refractivity contribution in [3.05, 3.63) is 6.42 Å². The Morgan fingerprint density at radius 2 is 1.28 bits per heavy atom. The van der Waals surface area contributed by atoms with Gasteiger partial charge in [-0.2, -0.15) is 0 Å². The van der Waals surface area contributed by atoms with Crippen LogP contribution in [0.4, 0.5) is 0 Å². The van der Waals surface area contributed by atoms with E-state index in [1.54, 1.807) is 57.8 Å². The van der Waals surface area contributed by atoms with Crippen molar-refractivity contribution in [1.29, 1.82) is 0 Å². The van der Waals surface area contributed by atoms with E-state index in [1.807, 2.05) is 0 Å². The molecular formula is C18H29. The van der Waals surface area contributed by atoms with Gasteiger partial charge >= 0.3 is 0 Å². The molecule has 0 aromatic carbocycles. The third-order valence-electron chi connectivity index (χ3n) is 7.14. The summed E-state index contributed by atoms with van der Waals surface area (Å²) >= 11 is 0. The van der Waals surface area contributed by atoms with E-state index in [2.05, 4.69) is 6.42 Å². The van der Waals surface area contributed by atoms with E-state index in [0.29, 0.717) is 0 Å². The van der Waals surface area contributed by atoms with Crippen LogP contribution < -0.4 is 0 Å². The van der Waals surface area contributed by atoms with Gasteiger partial charge in [-0.25, -0.2) is 0 Å². The summed E-state index contributed by atoms with van der Waals surface area (Å²) in [5.74, 6) is 6.84. The summed E-state index contributed by atoms with van der Waals surface area (Å²) in [6.45, 7) is 0. The highest BCUT2D eigenvalue weighted by molar-refractivity contribution is 4.99. The second-order valence-electron chi connectivity index (χ2n) is 7.72. The van der Waals surface area contributed by atoms with E-state index < -0.39 is 0 Å². The van der Waals surface area contributed by atoms with Gasteiger partial charge in [0.05, 0.1) is 0 Å². The molecule has 4 aliphatic rings. The van der Waals surface area contributed by atoms with Gasteiger partial charge < -0.3 is 0 Å². The molecule has 0 bridgehead atoms. The monoisotopic (exact) mass is 245 g/mol. The zero-order valence-corrected chi connectivity index (χ0v) is 11.8. The Morgan fingerprint density at radius 1 is 0.556 bits per heavy atom. The van der Waals surface area contributed by atoms with Crippen molar-refractivity contribution >= 4 is 0 Å². The Morgan fingerprint density at radius 3 is 2.17 bits per heavy atom. The van der Waals surface area contributed by atoms with Crippen LogP contribution in [0.2, 0.25) is 0 Å². The summed E-state index contributed by atoms with van der Waals surface area (Å²) in [5, 5.41) is 0. The highest BCUT2D eigenvalue weighted by atomic mass is 14.5. The molecule has 0 heterocycles. The van der Waals surface area contributed by atoms with Gasteiger partial charge in [0.15, 0.2) is 0 Å². The highest BCUT2D eigenvalue weighted by Gasteiger charge is 2.47. The molecule has 0 spiro atoms. The second kappa shape index (κ2) is 4.84. The summed E-state index contributed by atoms with van der Waals surface area (Å²) in [5.41, 5.74) is 0. The average Bonchev–Trinajstić information content (AvgIpc) is 2.46. The van der Waals surface area contributed by atoms with Crippen LogP contribution in [0.25, 0.3) is 0 Å². The van der Waals surface area contributed by atoms with Crippen molar-refractivity contribution in [2.75, 3.05) is 0 Å². The zero-order valence-electron chi connectivity index (χ0n) is 11.8. The molecule has 6 unspecified atom stereocenters. The Balaban J connectivity index is 1.54. The Kier molecular flexibility index (Phi) is 3.17. The molecule has 4 saturated carbocycles. The van der Waals surface area contributed by atoms with Crippen LogP contribution in [0, 0.1) is 41.9 Å². The highest BCUT2D eigenvalue weighted by Crippen LogP contribution is 2.56. The SMILES string of the molecule is [CH]1CCC2C(C1)CCC1C3CCCCC3CCC21. The second-order valence-corrected chi connectivity index (χ2v) is 7.72. The van der Waals surface area contributed by atoms with Gasteiger partial charge in [0.1, 0.15) is 0 Å². The normalized spacial score (nSPS) is 52.0. The first-order valence-corrected chi connectivity index (χ1v) is 8.75. The van der Waals surface area contributed by atoms with Gasteiger partial charge in [-0.15, -0.1) is 0 Å². The van der Waals surface area contributed by atoms with E-state index in [1.165, 1.54) is 12.8 Å². The standard InChI is InChI=1S/C18H29/c1-3-7-15-13(5-1)9-11-18-16-8-4-2-6-14(16)10-12-17(15)18/h1,13-18H,2-12H2. The first-order chi connectivity index (χ1) is 8.93. The molecule has 0 aliphatic heterocycles. The minimum absolute atomic E-state index is 1.10. The van der Waals surface area contributed by atoms with Gasteiger partial charge in [-0.05, 0) is 93.3 Å². The van der Waals surface area contributed by atoms with Crippen LogP contribution in [-0.4, -0.2) is 0 Å². The minimum Gasteiger partial charge on any atom is -0.0530 e. The Hall–Kier alpha value is 0. The van der Waals surface area contributed by atoms with Crippen molar-refractivity contribution < 1.29 is 0 Å². The van der Waals surface area contributed by atoms with Gasteiger partial charge in [-0.1, -0.05) is 19.3 Å². The van der Waals surface area contributed by atoms with E-state index in [4.69, 9.17) is 0 Å². The third kappa shape index (κ3) is 1.86. The first-order valence-electron chi connectivity index (χ1n) is 8.75. The summed E-state index contributed by atoms with van der Waals surface area (Å²) in [4.78, 5) is 0. The maximum Gasteiger partial charge on any atom is -0.0352 e. The van der Waals surface area contributed by atoms with E-state index in [9.17, 15) is 0 Å². The van der Waals surface area contributed by atoms with Crippen LogP contribution in [0.15, 0.2) is 0 Å². The van der Waals surface area contributed by atoms with E-state index >= 15 is 0 Å². The molecule has 0 heteroatoms. The number of hydrogen-bond acceptors (Lipinski definition) is 0. The lowest BCUT2D eigenvalue weighted by atomic mass is 9.51. The average molecular weight is 245 g/mol. The summed E-state index contributed by atoms with van der Waals surface area (Å²) in [6, 6.07) is 0. The fourth-order valence-electron chi connectivity index (χ4n) is 6.41. The predicted octanol–water partition coefficient (Wildman–Crippen LogP) is 5.23. The molecule has 101 valence electrons. The predicted molar refractivity (Wildman–Crippen MR) is 76.0 cm³/mol. The van der Waals surface area contributed by atoms with E-state index in [0.717, 1.165) is 35.5 Å². The van der Waals surface area contributed by atoms with Crippen molar-refractivity contribution in [1.82, 2.24) is 0 Å². The van der Waals surface area contributed by atoms with Crippen molar-refractivity contribution in [2.24, 2.45) is 35.5 Å². The molecule has 0 amide bonds. The smallest absolute Gasteiger partial charge is 0.0352 e. The maximum absolute atomic E-state index is 2.59. The molecule has 4 aliphatic carbocycles. The minimum atomic E-state index is 1.10. The van der Waals surface area contributed by atoms with Gasteiger partial charge in [0.2, 0.25) is 0 Å².